The summed E-state index contributed by atoms with van der Waals surface area (Å²) in [4.78, 5) is 0. The summed E-state index contributed by atoms with van der Waals surface area (Å²) in [6.45, 7) is 8.32. The third-order valence-electron chi connectivity index (χ3n) is 2.90. The van der Waals surface area contributed by atoms with E-state index in [0.717, 1.165) is 32.5 Å². The molecule has 17 heavy (non-hydrogen) atoms. The molecule has 0 saturated heterocycles. The lowest BCUT2D eigenvalue weighted by molar-refractivity contribution is -0.147. The molecule has 0 fully saturated rings. The van der Waals surface area contributed by atoms with E-state index < -0.39 is 0 Å². The van der Waals surface area contributed by atoms with Crippen molar-refractivity contribution in [3.8, 4) is 0 Å². The number of hydrogen-bond donors (Lipinski definition) is 0. The van der Waals surface area contributed by atoms with Gasteiger partial charge in [0, 0.05) is 13.2 Å². The van der Waals surface area contributed by atoms with Gasteiger partial charge in [-0.3, -0.25) is 0 Å². The van der Waals surface area contributed by atoms with Crippen LogP contribution in [0.3, 0.4) is 0 Å². The van der Waals surface area contributed by atoms with Crippen LogP contribution in [0.1, 0.15) is 78.6 Å². The molecule has 0 aromatic heterocycles. The van der Waals surface area contributed by atoms with Gasteiger partial charge in [0.2, 0.25) is 0 Å². The smallest absolute Gasteiger partial charge is 0.157 e. The lowest BCUT2D eigenvalue weighted by atomic mass is 10.1. The molecule has 0 unspecified atom stereocenters. The van der Waals surface area contributed by atoms with Gasteiger partial charge >= 0.3 is 0 Å². The van der Waals surface area contributed by atoms with Crippen molar-refractivity contribution < 1.29 is 9.47 Å². The second-order valence-corrected chi connectivity index (χ2v) is 4.73. The summed E-state index contributed by atoms with van der Waals surface area (Å²) >= 11 is 0. The van der Waals surface area contributed by atoms with Gasteiger partial charge in [-0.05, 0) is 25.7 Å². The predicted octanol–water partition coefficient (Wildman–Crippen LogP) is 4.92. The topological polar surface area (TPSA) is 18.5 Å². The van der Waals surface area contributed by atoms with Gasteiger partial charge in [-0.2, -0.15) is 0 Å². The Hall–Kier alpha value is -0.0800. The van der Waals surface area contributed by atoms with E-state index in [4.69, 9.17) is 9.47 Å². The number of hydrogen-bond acceptors (Lipinski definition) is 2. The molecule has 2 nitrogen and oxygen atoms in total. The van der Waals surface area contributed by atoms with Crippen LogP contribution < -0.4 is 0 Å². The highest BCUT2D eigenvalue weighted by atomic mass is 16.7. The first-order valence-corrected chi connectivity index (χ1v) is 7.58. The van der Waals surface area contributed by atoms with E-state index in [2.05, 4.69) is 20.8 Å². The monoisotopic (exact) mass is 244 g/mol. The highest BCUT2D eigenvalue weighted by molar-refractivity contribution is 4.49. The van der Waals surface area contributed by atoms with E-state index >= 15 is 0 Å². The minimum atomic E-state index is 0.0463. The van der Waals surface area contributed by atoms with E-state index in [1.165, 1.54) is 38.5 Å². The molecule has 0 radical (unpaired) electrons. The van der Waals surface area contributed by atoms with E-state index in [-0.39, 0.29) is 6.29 Å². The molecule has 0 aliphatic carbocycles. The summed E-state index contributed by atoms with van der Waals surface area (Å²) in [6.07, 6.45) is 10.9. The predicted molar refractivity (Wildman–Crippen MR) is 74.3 cm³/mol. The zero-order valence-corrected chi connectivity index (χ0v) is 12.2. The van der Waals surface area contributed by atoms with E-state index in [0.29, 0.717) is 0 Å². The molecule has 0 bridgehead atoms. The van der Waals surface area contributed by atoms with Crippen LogP contribution in [-0.2, 0) is 9.47 Å². The fraction of sp³-hybridized carbons (Fsp3) is 1.00. The van der Waals surface area contributed by atoms with Crippen molar-refractivity contribution in [1.29, 1.82) is 0 Å². The number of rotatable bonds is 13. The Bertz CT molecular complexity index is 127. The highest BCUT2D eigenvalue weighted by Crippen LogP contribution is 2.11. The zero-order valence-electron chi connectivity index (χ0n) is 12.2. The summed E-state index contributed by atoms with van der Waals surface area (Å²) in [5, 5.41) is 0. The summed E-state index contributed by atoms with van der Waals surface area (Å²) in [6, 6.07) is 0. The van der Waals surface area contributed by atoms with E-state index in [1.54, 1.807) is 0 Å². The molecule has 0 amide bonds. The molecule has 0 spiro atoms. The molecular weight excluding hydrogens is 212 g/mol. The Morgan fingerprint density at radius 3 is 1.65 bits per heavy atom. The van der Waals surface area contributed by atoms with Gasteiger partial charge < -0.3 is 9.47 Å². The molecule has 0 heterocycles. The minimum Gasteiger partial charge on any atom is -0.353 e. The molecule has 0 aromatic carbocycles. The summed E-state index contributed by atoms with van der Waals surface area (Å²) in [5.41, 5.74) is 0. The molecule has 104 valence electrons. The van der Waals surface area contributed by atoms with Gasteiger partial charge in [-0.15, -0.1) is 0 Å². The maximum atomic E-state index is 5.79. The van der Waals surface area contributed by atoms with Crippen LogP contribution in [0.5, 0.6) is 0 Å². The van der Waals surface area contributed by atoms with Crippen LogP contribution in [0.15, 0.2) is 0 Å². The second kappa shape index (κ2) is 14.0. The Labute approximate surface area is 108 Å². The maximum Gasteiger partial charge on any atom is 0.157 e. The van der Waals surface area contributed by atoms with Gasteiger partial charge in [-0.25, -0.2) is 0 Å². The average Bonchev–Trinajstić information content (AvgIpc) is 2.34. The van der Waals surface area contributed by atoms with E-state index in [9.17, 15) is 0 Å². The van der Waals surface area contributed by atoms with Gasteiger partial charge in [-0.1, -0.05) is 52.9 Å². The maximum absolute atomic E-state index is 5.79. The standard InChI is InChI=1S/C15H32O2/c1-4-7-10-11-12-15(16-13-8-5-2)17-14-9-6-3/h15H,4-14H2,1-3H3. The van der Waals surface area contributed by atoms with Crippen LogP contribution in [0.2, 0.25) is 0 Å². The number of ether oxygens (including phenoxy) is 2. The molecular formula is C15H32O2. The van der Waals surface area contributed by atoms with Crippen LogP contribution in [0, 0.1) is 0 Å². The molecule has 0 aliphatic heterocycles. The van der Waals surface area contributed by atoms with Gasteiger partial charge in [0.1, 0.15) is 0 Å². The van der Waals surface area contributed by atoms with Gasteiger partial charge in [0.05, 0.1) is 0 Å². The minimum absolute atomic E-state index is 0.0463. The molecule has 0 N–H and O–H groups in total. The quantitative estimate of drug-likeness (QED) is 0.338. The van der Waals surface area contributed by atoms with E-state index in [1.807, 2.05) is 0 Å². The Kier molecular flexibility index (Phi) is 13.9. The van der Waals surface area contributed by atoms with Crippen molar-refractivity contribution in [2.45, 2.75) is 84.8 Å². The van der Waals surface area contributed by atoms with Crippen molar-refractivity contribution in [2.75, 3.05) is 13.2 Å². The molecule has 0 rings (SSSR count). The van der Waals surface area contributed by atoms with Crippen molar-refractivity contribution in [3.63, 3.8) is 0 Å². The van der Waals surface area contributed by atoms with Crippen LogP contribution in [0.4, 0.5) is 0 Å². The molecule has 0 saturated carbocycles. The van der Waals surface area contributed by atoms with Crippen molar-refractivity contribution in [1.82, 2.24) is 0 Å². The normalized spacial score (nSPS) is 11.3. The molecule has 0 aromatic rings. The summed E-state index contributed by atoms with van der Waals surface area (Å²) in [7, 11) is 0. The fourth-order valence-electron chi connectivity index (χ4n) is 1.67. The first-order chi connectivity index (χ1) is 8.35. The largest absolute Gasteiger partial charge is 0.353 e. The Morgan fingerprint density at radius 2 is 1.18 bits per heavy atom. The lowest BCUT2D eigenvalue weighted by Gasteiger charge is -2.18. The van der Waals surface area contributed by atoms with Crippen molar-refractivity contribution >= 4 is 0 Å². The molecule has 0 atom stereocenters. The summed E-state index contributed by atoms with van der Waals surface area (Å²) in [5.74, 6) is 0. The first kappa shape index (κ1) is 16.9. The van der Waals surface area contributed by atoms with Crippen molar-refractivity contribution in [3.05, 3.63) is 0 Å². The zero-order chi connectivity index (χ0) is 12.8. The fourth-order valence-corrected chi connectivity index (χ4v) is 1.67. The molecule has 2 heteroatoms. The average molecular weight is 244 g/mol. The first-order valence-electron chi connectivity index (χ1n) is 7.58. The summed E-state index contributed by atoms with van der Waals surface area (Å²) < 4.78 is 11.6. The second-order valence-electron chi connectivity index (χ2n) is 4.73. The van der Waals surface area contributed by atoms with Crippen LogP contribution in [0.25, 0.3) is 0 Å². The van der Waals surface area contributed by atoms with Crippen LogP contribution in [-0.4, -0.2) is 19.5 Å². The Balaban J connectivity index is 3.60. The highest BCUT2D eigenvalue weighted by Gasteiger charge is 2.08. The lowest BCUT2D eigenvalue weighted by Crippen LogP contribution is -2.18. The van der Waals surface area contributed by atoms with Crippen LogP contribution >= 0.6 is 0 Å². The molecule has 0 aliphatic rings. The third-order valence-corrected chi connectivity index (χ3v) is 2.90. The SMILES string of the molecule is CCCCCCC(OCCCC)OCCCC. The number of unbranched alkanes of at least 4 members (excludes halogenated alkanes) is 5. The third kappa shape index (κ3) is 12.2. The van der Waals surface area contributed by atoms with Gasteiger partial charge in [0.25, 0.3) is 0 Å². The van der Waals surface area contributed by atoms with Crippen molar-refractivity contribution in [2.24, 2.45) is 0 Å². The van der Waals surface area contributed by atoms with Gasteiger partial charge in [0.15, 0.2) is 6.29 Å². The Morgan fingerprint density at radius 1 is 0.647 bits per heavy atom.